The fraction of sp³-hybridized carbons (Fsp3) is 0.200. The second kappa shape index (κ2) is 8.62. The van der Waals surface area contributed by atoms with E-state index in [-0.39, 0.29) is 11.7 Å². The third-order valence-electron chi connectivity index (χ3n) is 4.23. The number of hydrogen-bond acceptors (Lipinski definition) is 4. The van der Waals surface area contributed by atoms with Gasteiger partial charge in [-0.15, -0.1) is 0 Å². The van der Waals surface area contributed by atoms with E-state index < -0.39 is 6.04 Å². The molecule has 0 spiro atoms. The zero-order valence-electron chi connectivity index (χ0n) is 15.4. The highest BCUT2D eigenvalue weighted by Crippen LogP contribution is 2.39. The smallest absolute Gasteiger partial charge is 0.255 e. The summed E-state index contributed by atoms with van der Waals surface area (Å²) in [6.45, 7) is 4.04. The number of allylic oxidation sites excluding steroid dienone is 1. The number of para-hydroxylation sites is 1. The van der Waals surface area contributed by atoms with E-state index in [2.05, 4.69) is 31.9 Å². The topological polar surface area (TPSA) is 82.6 Å². The minimum Gasteiger partial charge on any atom is -0.503 e. The Balaban J connectivity index is 2.01. The van der Waals surface area contributed by atoms with E-state index in [1.165, 1.54) is 0 Å². The lowest BCUT2D eigenvalue weighted by molar-refractivity contribution is -0.113. The maximum Gasteiger partial charge on any atom is 0.255 e. The van der Waals surface area contributed by atoms with Crippen molar-refractivity contribution >= 4 is 44.9 Å². The molecule has 28 heavy (non-hydrogen) atoms. The Kier molecular flexibility index (Phi) is 6.21. The van der Waals surface area contributed by atoms with Crippen LogP contribution in [0, 0.1) is 0 Å². The minimum absolute atomic E-state index is 0.0121. The second-order valence-corrected chi connectivity index (χ2v) is 7.44. The number of halogens is 1. The first kappa shape index (κ1) is 20.2. The van der Waals surface area contributed by atoms with E-state index in [0.29, 0.717) is 38.9 Å². The number of phenolic OH excluding ortho intramolecular Hbond substituents is 1. The average Bonchev–Trinajstić information content (AvgIpc) is 2.65. The van der Waals surface area contributed by atoms with Crippen molar-refractivity contribution in [3.05, 3.63) is 63.8 Å². The fourth-order valence-electron chi connectivity index (χ4n) is 2.99. The van der Waals surface area contributed by atoms with Gasteiger partial charge < -0.3 is 25.8 Å². The van der Waals surface area contributed by atoms with Gasteiger partial charge in [-0.25, -0.2) is 0 Å². The molecule has 0 unspecified atom stereocenters. The van der Waals surface area contributed by atoms with E-state index in [1.54, 1.807) is 19.1 Å². The predicted octanol–water partition coefficient (Wildman–Crippen LogP) is 3.98. The van der Waals surface area contributed by atoms with Crippen LogP contribution in [0.3, 0.4) is 0 Å². The number of anilines is 1. The lowest BCUT2D eigenvalue weighted by atomic mass is 9.94. The predicted molar refractivity (Wildman–Crippen MR) is 116 cm³/mol. The minimum atomic E-state index is -0.506. The highest BCUT2D eigenvalue weighted by molar-refractivity contribution is 9.10. The molecule has 1 amide bonds. The number of ether oxygens (including phenoxy) is 1. The third-order valence-corrected chi connectivity index (χ3v) is 5.05. The first-order valence-electron chi connectivity index (χ1n) is 8.70. The molecule has 1 aliphatic rings. The fourth-order valence-corrected chi connectivity index (χ4v) is 3.72. The van der Waals surface area contributed by atoms with Gasteiger partial charge in [-0.05, 0) is 71.8 Å². The molecule has 1 atom stereocenters. The van der Waals surface area contributed by atoms with E-state index in [0.717, 1.165) is 5.56 Å². The van der Waals surface area contributed by atoms with E-state index >= 15 is 0 Å². The van der Waals surface area contributed by atoms with Crippen molar-refractivity contribution in [1.82, 2.24) is 10.6 Å². The van der Waals surface area contributed by atoms with Crippen LogP contribution in [0.25, 0.3) is 0 Å². The van der Waals surface area contributed by atoms with Gasteiger partial charge >= 0.3 is 0 Å². The number of phenols is 1. The quantitative estimate of drug-likeness (QED) is 0.504. The van der Waals surface area contributed by atoms with E-state index in [9.17, 15) is 9.90 Å². The molecule has 4 N–H and O–H groups in total. The zero-order valence-corrected chi connectivity index (χ0v) is 17.8. The van der Waals surface area contributed by atoms with Gasteiger partial charge in [0.15, 0.2) is 16.6 Å². The number of carbonyl (C=O) groups excluding carboxylic acids is 1. The SMILES string of the molecule is CCOc1cc([C@@H]2NC(=S)NC(C)=C2C(=O)Nc2ccccc2)cc(Br)c1O. The Morgan fingerprint density at radius 1 is 1.32 bits per heavy atom. The number of aromatic hydroxyl groups is 1. The maximum atomic E-state index is 13.0. The van der Waals surface area contributed by atoms with Gasteiger partial charge in [0.2, 0.25) is 0 Å². The van der Waals surface area contributed by atoms with Crippen LogP contribution in [-0.4, -0.2) is 22.7 Å². The molecule has 0 aliphatic carbocycles. The molecule has 2 aromatic carbocycles. The highest BCUT2D eigenvalue weighted by Gasteiger charge is 2.31. The number of amides is 1. The number of hydrogen-bond donors (Lipinski definition) is 4. The standard InChI is InChI=1S/C20H20BrN3O3S/c1-3-27-15-10-12(9-14(21)18(15)25)17-16(11(2)22-20(28)24-17)19(26)23-13-7-5-4-6-8-13/h4-10,17,25H,3H2,1-2H3,(H,23,26)(H2,22,24,28)/t17-/m0/s1. The highest BCUT2D eigenvalue weighted by atomic mass is 79.9. The van der Waals surface area contributed by atoms with Crippen molar-refractivity contribution in [2.45, 2.75) is 19.9 Å². The molecular formula is C20H20BrN3O3S. The first-order valence-corrected chi connectivity index (χ1v) is 9.90. The molecular weight excluding hydrogens is 442 g/mol. The van der Waals surface area contributed by atoms with Gasteiger partial charge in [-0.1, -0.05) is 18.2 Å². The van der Waals surface area contributed by atoms with Crippen molar-refractivity contribution in [3.8, 4) is 11.5 Å². The number of thiocarbonyl (C=S) groups is 1. The average molecular weight is 462 g/mol. The number of carbonyl (C=O) groups is 1. The summed E-state index contributed by atoms with van der Waals surface area (Å²) in [6.07, 6.45) is 0. The van der Waals surface area contributed by atoms with Crippen molar-refractivity contribution in [1.29, 1.82) is 0 Å². The summed E-state index contributed by atoms with van der Waals surface area (Å²) in [5.41, 5.74) is 2.58. The number of benzene rings is 2. The molecule has 3 rings (SSSR count). The summed E-state index contributed by atoms with van der Waals surface area (Å²) in [4.78, 5) is 13.0. The summed E-state index contributed by atoms with van der Waals surface area (Å²) < 4.78 is 5.99. The summed E-state index contributed by atoms with van der Waals surface area (Å²) in [5, 5.41) is 19.7. The lowest BCUT2D eigenvalue weighted by Gasteiger charge is -2.30. The van der Waals surface area contributed by atoms with Crippen molar-refractivity contribution < 1.29 is 14.6 Å². The van der Waals surface area contributed by atoms with Crippen LogP contribution in [-0.2, 0) is 4.79 Å². The van der Waals surface area contributed by atoms with Crippen molar-refractivity contribution in [2.24, 2.45) is 0 Å². The zero-order chi connectivity index (χ0) is 20.3. The van der Waals surface area contributed by atoms with Crippen LogP contribution in [0.15, 0.2) is 58.2 Å². The van der Waals surface area contributed by atoms with Crippen LogP contribution in [0.4, 0.5) is 5.69 Å². The van der Waals surface area contributed by atoms with Crippen molar-refractivity contribution in [3.63, 3.8) is 0 Å². The third kappa shape index (κ3) is 4.28. The molecule has 0 bridgehead atoms. The van der Waals surface area contributed by atoms with Gasteiger partial charge in [0.25, 0.3) is 5.91 Å². The summed E-state index contributed by atoms with van der Waals surface area (Å²) in [6, 6.07) is 12.2. The van der Waals surface area contributed by atoms with Crippen LogP contribution >= 0.6 is 28.1 Å². The molecule has 1 aliphatic heterocycles. The second-order valence-electron chi connectivity index (χ2n) is 6.17. The van der Waals surface area contributed by atoms with Gasteiger partial charge in [0.05, 0.1) is 22.7 Å². The molecule has 146 valence electrons. The van der Waals surface area contributed by atoms with Crippen LogP contribution < -0.4 is 20.7 Å². The number of nitrogens with one attached hydrogen (secondary N) is 3. The van der Waals surface area contributed by atoms with Crippen molar-refractivity contribution in [2.75, 3.05) is 11.9 Å². The summed E-state index contributed by atoms with van der Waals surface area (Å²) in [5.74, 6) is 0.0926. The van der Waals surface area contributed by atoms with Crippen LogP contribution in [0.5, 0.6) is 11.5 Å². The van der Waals surface area contributed by atoms with Gasteiger partial charge in [-0.2, -0.15) is 0 Å². The molecule has 0 radical (unpaired) electrons. The molecule has 0 aromatic heterocycles. The normalized spacial score (nSPS) is 16.2. The Bertz CT molecular complexity index is 947. The molecule has 8 heteroatoms. The maximum absolute atomic E-state index is 13.0. The van der Waals surface area contributed by atoms with Gasteiger partial charge in [-0.3, -0.25) is 4.79 Å². The lowest BCUT2D eigenvalue weighted by Crippen LogP contribution is -2.45. The van der Waals surface area contributed by atoms with Gasteiger partial charge in [0.1, 0.15) is 0 Å². The number of rotatable bonds is 5. The molecule has 1 heterocycles. The van der Waals surface area contributed by atoms with Crippen LogP contribution in [0.2, 0.25) is 0 Å². The molecule has 0 saturated heterocycles. The monoisotopic (exact) mass is 461 g/mol. The molecule has 0 fully saturated rings. The summed E-state index contributed by atoms with van der Waals surface area (Å²) in [7, 11) is 0. The Hall–Kier alpha value is -2.58. The van der Waals surface area contributed by atoms with Gasteiger partial charge in [0, 0.05) is 11.4 Å². The molecule has 2 aromatic rings. The van der Waals surface area contributed by atoms with Crippen LogP contribution in [0.1, 0.15) is 25.5 Å². The molecule has 6 nitrogen and oxygen atoms in total. The Morgan fingerprint density at radius 2 is 2.04 bits per heavy atom. The van der Waals surface area contributed by atoms with E-state index in [1.807, 2.05) is 37.3 Å². The largest absolute Gasteiger partial charge is 0.503 e. The summed E-state index contributed by atoms with van der Waals surface area (Å²) >= 11 is 8.64. The Morgan fingerprint density at radius 3 is 2.71 bits per heavy atom. The Labute approximate surface area is 177 Å². The first-order chi connectivity index (χ1) is 13.4. The van der Waals surface area contributed by atoms with E-state index in [4.69, 9.17) is 17.0 Å². The molecule has 0 saturated carbocycles.